The van der Waals surface area contributed by atoms with Crippen molar-refractivity contribution in [1.82, 2.24) is 4.57 Å². The molecule has 0 unspecified atom stereocenters. The van der Waals surface area contributed by atoms with E-state index in [9.17, 15) is 9.90 Å². The van der Waals surface area contributed by atoms with Crippen LogP contribution in [0.15, 0.2) is 36.5 Å². The first kappa shape index (κ1) is 12.3. The van der Waals surface area contributed by atoms with Crippen LogP contribution in [-0.4, -0.2) is 15.6 Å². The summed E-state index contributed by atoms with van der Waals surface area (Å²) in [4.78, 5) is 11.2. The number of nitrogens with zero attached hydrogens (tertiary/aromatic N) is 1. The van der Waals surface area contributed by atoms with Gasteiger partial charge in [-0.2, -0.15) is 0 Å². The zero-order valence-electron chi connectivity index (χ0n) is 10.3. The molecule has 1 heterocycles. The molecule has 0 radical (unpaired) electrons. The first-order valence-electron chi connectivity index (χ1n) is 6.32. The van der Waals surface area contributed by atoms with Crippen molar-refractivity contribution in [3.63, 3.8) is 0 Å². The molecular weight excluding hydrogens is 262 g/mol. The Balaban J connectivity index is 1.92. The Labute approximate surface area is 116 Å². The molecule has 0 amide bonds. The van der Waals surface area contributed by atoms with Gasteiger partial charge in [0.25, 0.3) is 0 Å². The molecule has 1 saturated carbocycles. The summed E-state index contributed by atoms with van der Waals surface area (Å²) in [5.74, 6) is -0.426. The van der Waals surface area contributed by atoms with Gasteiger partial charge in [-0.25, -0.2) is 4.79 Å². The molecule has 4 heteroatoms. The summed E-state index contributed by atoms with van der Waals surface area (Å²) in [6.45, 7) is 0.691. The molecule has 1 aliphatic rings. The molecule has 0 atom stereocenters. The fraction of sp³-hybridized carbons (Fsp3) is 0.267. The van der Waals surface area contributed by atoms with Crippen LogP contribution in [-0.2, 0) is 6.54 Å². The second-order valence-electron chi connectivity index (χ2n) is 4.95. The van der Waals surface area contributed by atoms with E-state index in [0.29, 0.717) is 23.0 Å². The second kappa shape index (κ2) is 4.74. The number of benzene rings is 1. The topological polar surface area (TPSA) is 42.2 Å². The van der Waals surface area contributed by atoms with Crippen molar-refractivity contribution in [2.24, 2.45) is 0 Å². The van der Waals surface area contributed by atoms with E-state index in [1.165, 1.54) is 0 Å². The Bertz CT molecular complexity index is 612. The van der Waals surface area contributed by atoms with Crippen molar-refractivity contribution in [3.05, 3.63) is 58.4 Å². The highest BCUT2D eigenvalue weighted by Crippen LogP contribution is 2.42. The minimum absolute atomic E-state index is 0.411. The molecule has 1 aliphatic carbocycles. The van der Waals surface area contributed by atoms with Gasteiger partial charge >= 0.3 is 5.97 Å². The molecule has 0 saturated heterocycles. The van der Waals surface area contributed by atoms with Crippen LogP contribution in [0.5, 0.6) is 0 Å². The van der Waals surface area contributed by atoms with Crippen LogP contribution in [0.4, 0.5) is 0 Å². The number of halogens is 1. The van der Waals surface area contributed by atoms with Crippen LogP contribution in [0, 0.1) is 0 Å². The highest BCUT2D eigenvalue weighted by atomic mass is 35.5. The van der Waals surface area contributed by atoms with Gasteiger partial charge in [0, 0.05) is 29.4 Å². The van der Waals surface area contributed by atoms with Gasteiger partial charge in [0.15, 0.2) is 0 Å². The van der Waals surface area contributed by atoms with E-state index in [-0.39, 0.29) is 0 Å². The summed E-state index contributed by atoms with van der Waals surface area (Å²) in [6.07, 6.45) is 4.04. The molecule has 19 heavy (non-hydrogen) atoms. The fourth-order valence-electron chi connectivity index (χ4n) is 2.40. The van der Waals surface area contributed by atoms with E-state index < -0.39 is 5.97 Å². The monoisotopic (exact) mass is 275 g/mol. The first-order valence-corrected chi connectivity index (χ1v) is 6.69. The van der Waals surface area contributed by atoms with Crippen LogP contribution in [0.1, 0.15) is 40.4 Å². The van der Waals surface area contributed by atoms with Gasteiger partial charge < -0.3 is 9.67 Å². The number of hydrogen-bond acceptors (Lipinski definition) is 1. The van der Waals surface area contributed by atoms with Gasteiger partial charge in [-0.15, -0.1) is 0 Å². The van der Waals surface area contributed by atoms with Gasteiger partial charge in [-0.05, 0) is 36.6 Å². The average molecular weight is 276 g/mol. The fourth-order valence-corrected chi connectivity index (χ4v) is 2.53. The molecule has 0 spiro atoms. The van der Waals surface area contributed by atoms with E-state index in [4.69, 9.17) is 11.6 Å². The summed E-state index contributed by atoms with van der Waals surface area (Å²) >= 11 is 5.87. The van der Waals surface area contributed by atoms with Crippen LogP contribution in [0.25, 0.3) is 0 Å². The van der Waals surface area contributed by atoms with E-state index in [1.807, 2.05) is 35.0 Å². The molecule has 3 rings (SSSR count). The zero-order chi connectivity index (χ0) is 13.4. The predicted octanol–water partition coefficient (Wildman–Crippen LogP) is 3.77. The minimum atomic E-state index is -0.836. The molecule has 1 N–H and O–H groups in total. The number of carboxylic acids is 1. The number of rotatable bonds is 4. The van der Waals surface area contributed by atoms with E-state index in [2.05, 4.69) is 0 Å². The number of carbonyl (C=O) groups is 1. The minimum Gasteiger partial charge on any atom is -0.478 e. The predicted molar refractivity (Wildman–Crippen MR) is 73.9 cm³/mol. The molecule has 1 aromatic heterocycles. The second-order valence-corrected chi connectivity index (χ2v) is 5.38. The van der Waals surface area contributed by atoms with Crippen molar-refractivity contribution < 1.29 is 9.90 Å². The Hall–Kier alpha value is -1.74. The molecule has 98 valence electrons. The van der Waals surface area contributed by atoms with Gasteiger partial charge in [-0.3, -0.25) is 0 Å². The van der Waals surface area contributed by atoms with E-state index in [1.54, 1.807) is 6.07 Å². The van der Waals surface area contributed by atoms with Crippen LogP contribution >= 0.6 is 11.6 Å². The summed E-state index contributed by atoms with van der Waals surface area (Å²) < 4.78 is 2.05. The molecule has 0 bridgehead atoms. The van der Waals surface area contributed by atoms with Gasteiger partial charge in [0.1, 0.15) is 0 Å². The third kappa shape index (κ3) is 2.51. The molecule has 1 aromatic carbocycles. The maximum atomic E-state index is 11.2. The Morgan fingerprint density at radius 1 is 1.26 bits per heavy atom. The van der Waals surface area contributed by atoms with Crippen molar-refractivity contribution in [3.8, 4) is 0 Å². The first-order chi connectivity index (χ1) is 9.15. The Morgan fingerprint density at radius 3 is 2.53 bits per heavy atom. The molecule has 1 fully saturated rings. The van der Waals surface area contributed by atoms with E-state index in [0.717, 1.165) is 24.1 Å². The largest absolute Gasteiger partial charge is 0.478 e. The third-order valence-electron chi connectivity index (χ3n) is 3.47. The zero-order valence-corrected chi connectivity index (χ0v) is 11.1. The van der Waals surface area contributed by atoms with Crippen molar-refractivity contribution in [1.29, 1.82) is 0 Å². The average Bonchev–Trinajstić information content (AvgIpc) is 3.13. The lowest BCUT2D eigenvalue weighted by atomic mass is 10.1. The standard InChI is InChI=1S/C15H14ClNO2/c16-12-5-1-10(2-6-12)9-17-8-7-13(15(18)19)14(17)11-3-4-11/h1-2,5-8,11H,3-4,9H2,(H,18,19). The quantitative estimate of drug-likeness (QED) is 0.923. The van der Waals surface area contributed by atoms with E-state index >= 15 is 0 Å². The van der Waals surface area contributed by atoms with Gasteiger partial charge in [0.05, 0.1) is 5.56 Å². The molecule has 3 nitrogen and oxygen atoms in total. The van der Waals surface area contributed by atoms with Crippen molar-refractivity contribution in [2.75, 3.05) is 0 Å². The summed E-state index contributed by atoms with van der Waals surface area (Å²) in [5, 5.41) is 9.94. The Morgan fingerprint density at radius 2 is 1.95 bits per heavy atom. The highest BCUT2D eigenvalue weighted by molar-refractivity contribution is 6.30. The third-order valence-corrected chi connectivity index (χ3v) is 3.72. The van der Waals surface area contributed by atoms with Gasteiger partial charge in [0.2, 0.25) is 0 Å². The lowest BCUT2D eigenvalue weighted by molar-refractivity contribution is 0.0695. The van der Waals surface area contributed by atoms with Crippen LogP contribution < -0.4 is 0 Å². The summed E-state index contributed by atoms with van der Waals surface area (Å²) in [7, 11) is 0. The number of carboxylic acid groups (broad SMARTS) is 1. The smallest absolute Gasteiger partial charge is 0.337 e. The van der Waals surface area contributed by atoms with Gasteiger partial charge in [-0.1, -0.05) is 23.7 Å². The normalized spacial score (nSPS) is 14.6. The maximum absolute atomic E-state index is 11.2. The highest BCUT2D eigenvalue weighted by Gasteiger charge is 2.31. The number of aromatic nitrogens is 1. The number of aromatic carboxylic acids is 1. The van der Waals surface area contributed by atoms with Crippen molar-refractivity contribution >= 4 is 17.6 Å². The summed E-state index contributed by atoms with van der Waals surface area (Å²) in [6, 6.07) is 9.36. The number of hydrogen-bond donors (Lipinski definition) is 1. The lowest BCUT2D eigenvalue weighted by Gasteiger charge is -2.10. The SMILES string of the molecule is O=C(O)c1ccn(Cc2ccc(Cl)cc2)c1C1CC1. The molecule has 0 aliphatic heterocycles. The van der Waals surface area contributed by atoms with Crippen LogP contribution in [0.3, 0.4) is 0 Å². The van der Waals surface area contributed by atoms with Crippen LogP contribution in [0.2, 0.25) is 5.02 Å². The maximum Gasteiger partial charge on any atom is 0.337 e. The summed E-state index contributed by atoms with van der Waals surface area (Å²) in [5.41, 5.74) is 2.53. The lowest BCUT2D eigenvalue weighted by Crippen LogP contribution is -2.06. The Kier molecular flexibility index (Phi) is 3.07. The molecule has 2 aromatic rings. The molecular formula is C15H14ClNO2. The van der Waals surface area contributed by atoms with Crippen molar-refractivity contribution in [2.45, 2.75) is 25.3 Å².